The predicted molar refractivity (Wildman–Crippen MR) is 88.9 cm³/mol. The van der Waals surface area contributed by atoms with Gasteiger partial charge in [0.1, 0.15) is 0 Å². The van der Waals surface area contributed by atoms with Crippen molar-refractivity contribution in [3.05, 3.63) is 0 Å². The molecule has 22 heavy (non-hydrogen) atoms. The lowest BCUT2D eigenvalue weighted by atomic mass is 9.54. The van der Waals surface area contributed by atoms with E-state index >= 15 is 0 Å². The Morgan fingerprint density at radius 3 is 2.14 bits per heavy atom. The second-order valence-electron chi connectivity index (χ2n) is 8.83. The van der Waals surface area contributed by atoms with Gasteiger partial charge in [0.15, 0.2) is 0 Å². The van der Waals surface area contributed by atoms with E-state index in [9.17, 15) is 4.79 Å². The number of hydrogen-bond donors (Lipinski definition) is 2. The minimum absolute atomic E-state index is 0. The lowest BCUT2D eigenvalue weighted by molar-refractivity contribution is -0.127. The van der Waals surface area contributed by atoms with Crippen LogP contribution in [0.3, 0.4) is 0 Å². The fourth-order valence-corrected chi connectivity index (χ4v) is 6.62. The Bertz CT molecular complexity index is 432. The predicted octanol–water partition coefficient (Wildman–Crippen LogP) is 2.74. The average Bonchev–Trinajstić information content (AvgIpc) is 3.16. The molecule has 6 fully saturated rings. The highest BCUT2D eigenvalue weighted by Crippen LogP contribution is 2.59. The maximum absolute atomic E-state index is 12.7. The fourth-order valence-electron chi connectivity index (χ4n) is 6.62. The second-order valence-corrected chi connectivity index (χ2v) is 8.83. The molecule has 1 unspecified atom stereocenters. The minimum atomic E-state index is 0. The van der Waals surface area contributed by atoms with Crippen LogP contribution in [-0.2, 0) is 4.79 Å². The molecule has 124 valence electrons. The fraction of sp³-hybridized carbons (Fsp3) is 0.944. The summed E-state index contributed by atoms with van der Waals surface area (Å²) in [5, 5.41) is 6.97. The molecule has 1 aliphatic heterocycles. The number of carbonyl (C=O) groups is 1. The molecule has 2 N–H and O–H groups in total. The zero-order valence-electron chi connectivity index (χ0n) is 13.4. The highest BCUT2D eigenvalue weighted by atomic mass is 35.5. The third-order valence-electron chi connectivity index (χ3n) is 7.64. The van der Waals surface area contributed by atoms with Crippen LogP contribution in [0.15, 0.2) is 0 Å². The summed E-state index contributed by atoms with van der Waals surface area (Å²) in [4.78, 5) is 12.7. The summed E-state index contributed by atoms with van der Waals surface area (Å²) >= 11 is 0. The first-order valence-corrected chi connectivity index (χ1v) is 9.25. The SMILES string of the molecule is Cl.O=C(NC1C2CC3CC(C2)CC1C3)C1CC12CCNCC2. The molecule has 5 aliphatic carbocycles. The van der Waals surface area contributed by atoms with E-state index in [0.717, 1.165) is 43.2 Å². The van der Waals surface area contributed by atoms with Gasteiger partial charge in [-0.15, -0.1) is 12.4 Å². The zero-order chi connectivity index (χ0) is 14.0. The summed E-state index contributed by atoms with van der Waals surface area (Å²) in [6.45, 7) is 2.23. The van der Waals surface area contributed by atoms with E-state index in [1.54, 1.807) is 0 Å². The Balaban J connectivity index is 0.00000125. The van der Waals surface area contributed by atoms with E-state index in [-0.39, 0.29) is 12.4 Å². The maximum Gasteiger partial charge on any atom is 0.223 e. The first-order valence-electron chi connectivity index (χ1n) is 9.25. The number of amides is 1. The second kappa shape index (κ2) is 5.37. The largest absolute Gasteiger partial charge is 0.353 e. The molecule has 4 bridgehead atoms. The summed E-state index contributed by atoms with van der Waals surface area (Å²) in [6.07, 6.45) is 10.7. The van der Waals surface area contributed by atoms with Crippen LogP contribution in [0.4, 0.5) is 0 Å². The van der Waals surface area contributed by atoms with E-state index in [4.69, 9.17) is 0 Å². The van der Waals surface area contributed by atoms with Gasteiger partial charge in [0.05, 0.1) is 0 Å². The lowest BCUT2D eigenvalue weighted by Gasteiger charge is -2.54. The highest BCUT2D eigenvalue weighted by molar-refractivity contribution is 5.85. The average molecular weight is 325 g/mol. The van der Waals surface area contributed by atoms with Crippen LogP contribution >= 0.6 is 12.4 Å². The van der Waals surface area contributed by atoms with Crippen molar-refractivity contribution in [2.45, 2.75) is 57.4 Å². The van der Waals surface area contributed by atoms with Crippen LogP contribution in [0.25, 0.3) is 0 Å². The minimum Gasteiger partial charge on any atom is -0.353 e. The lowest BCUT2D eigenvalue weighted by Crippen LogP contribution is -2.56. The Hall–Kier alpha value is -0.280. The summed E-state index contributed by atoms with van der Waals surface area (Å²) in [7, 11) is 0. The van der Waals surface area contributed by atoms with Gasteiger partial charge in [-0.3, -0.25) is 4.79 Å². The first kappa shape index (κ1) is 15.3. The van der Waals surface area contributed by atoms with Crippen LogP contribution in [0.2, 0.25) is 0 Å². The molecule has 3 nitrogen and oxygen atoms in total. The van der Waals surface area contributed by atoms with Crippen LogP contribution in [0.1, 0.15) is 51.4 Å². The Morgan fingerprint density at radius 1 is 0.955 bits per heavy atom. The molecular formula is C18H29ClN2O. The molecule has 1 atom stereocenters. The van der Waals surface area contributed by atoms with E-state index in [1.165, 1.54) is 44.9 Å². The Morgan fingerprint density at radius 2 is 1.55 bits per heavy atom. The Labute approximate surface area is 139 Å². The van der Waals surface area contributed by atoms with Crippen molar-refractivity contribution in [1.29, 1.82) is 0 Å². The molecular weight excluding hydrogens is 296 g/mol. The Kier molecular flexibility index (Phi) is 3.73. The molecule has 0 radical (unpaired) electrons. The molecule has 1 saturated heterocycles. The van der Waals surface area contributed by atoms with Gasteiger partial charge in [0.25, 0.3) is 0 Å². The van der Waals surface area contributed by atoms with Gasteiger partial charge in [0, 0.05) is 12.0 Å². The molecule has 0 aromatic carbocycles. The first-order chi connectivity index (χ1) is 10.2. The van der Waals surface area contributed by atoms with Crippen LogP contribution in [0.5, 0.6) is 0 Å². The van der Waals surface area contributed by atoms with Crippen LogP contribution < -0.4 is 10.6 Å². The van der Waals surface area contributed by atoms with Gasteiger partial charge in [-0.25, -0.2) is 0 Å². The maximum atomic E-state index is 12.7. The standard InChI is InChI=1S/C18H28N2O.ClH/c21-17(15-10-18(15)1-3-19-4-2-18)20-16-13-6-11-5-12(8-13)9-14(16)7-11;/h11-16,19H,1-10H2,(H,20,21);1H. The van der Waals surface area contributed by atoms with Crippen molar-refractivity contribution >= 4 is 18.3 Å². The van der Waals surface area contributed by atoms with Gasteiger partial charge in [-0.1, -0.05) is 0 Å². The van der Waals surface area contributed by atoms with Crippen molar-refractivity contribution in [1.82, 2.24) is 10.6 Å². The molecule has 1 heterocycles. The van der Waals surface area contributed by atoms with Crippen LogP contribution in [-0.4, -0.2) is 25.0 Å². The molecule has 0 aromatic rings. The van der Waals surface area contributed by atoms with Gasteiger partial charge in [-0.2, -0.15) is 0 Å². The molecule has 6 aliphatic rings. The van der Waals surface area contributed by atoms with E-state index in [0.29, 0.717) is 23.3 Å². The molecule has 5 saturated carbocycles. The van der Waals surface area contributed by atoms with Crippen molar-refractivity contribution < 1.29 is 4.79 Å². The molecule has 4 heteroatoms. The number of piperidine rings is 1. The summed E-state index contributed by atoms with van der Waals surface area (Å²) < 4.78 is 0. The van der Waals surface area contributed by atoms with E-state index in [1.807, 2.05) is 0 Å². The highest BCUT2D eigenvalue weighted by Gasteiger charge is 2.58. The van der Waals surface area contributed by atoms with Gasteiger partial charge in [0.2, 0.25) is 5.91 Å². The van der Waals surface area contributed by atoms with Crippen molar-refractivity contribution in [3.8, 4) is 0 Å². The molecule has 0 aromatic heterocycles. The molecule has 1 amide bonds. The van der Waals surface area contributed by atoms with Gasteiger partial charge >= 0.3 is 0 Å². The van der Waals surface area contributed by atoms with Gasteiger partial charge < -0.3 is 10.6 Å². The topological polar surface area (TPSA) is 41.1 Å². The third kappa shape index (κ3) is 2.31. The number of halogens is 1. The van der Waals surface area contributed by atoms with E-state index < -0.39 is 0 Å². The van der Waals surface area contributed by atoms with Crippen molar-refractivity contribution in [2.75, 3.05) is 13.1 Å². The number of hydrogen-bond acceptors (Lipinski definition) is 2. The van der Waals surface area contributed by atoms with Crippen molar-refractivity contribution in [3.63, 3.8) is 0 Å². The van der Waals surface area contributed by atoms with Crippen LogP contribution in [0, 0.1) is 35.0 Å². The normalized spacial score (nSPS) is 47.1. The van der Waals surface area contributed by atoms with Gasteiger partial charge in [-0.05, 0) is 93.5 Å². The molecule has 6 rings (SSSR count). The smallest absolute Gasteiger partial charge is 0.223 e. The van der Waals surface area contributed by atoms with E-state index in [2.05, 4.69) is 10.6 Å². The summed E-state index contributed by atoms with van der Waals surface area (Å²) in [5.74, 6) is 4.38. The van der Waals surface area contributed by atoms with Crippen molar-refractivity contribution in [2.24, 2.45) is 35.0 Å². The summed E-state index contributed by atoms with van der Waals surface area (Å²) in [5.41, 5.74) is 0.390. The quantitative estimate of drug-likeness (QED) is 0.820. The monoisotopic (exact) mass is 324 g/mol. The number of nitrogens with one attached hydrogen (secondary N) is 2. The zero-order valence-corrected chi connectivity index (χ0v) is 14.2. The number of carbonyl (C=O) groups excluding carboxylic acids is 1. The number of rotatable bonds is 2. The third-order valence-corrected chi connectivity index (χ3v) is 7.64. The summed E-state index contributed by atoms with van der Waals surface area (Å²) in [6, 6.07) is 0.532. The molecule has 1 spiro atoms.